The molecule has 0 N–H and O–H groups in total. The lowest BCUT2D eigenvalue weighted by Crippen LogP contribution is -2.68. The Labute approximate surface area is 198 Å². The average molecular weight is 444 g/mol. The summed E-state index contributed by atoms with van der Waals surface area (Å²) in [4.78, 5) is 15.8. The predicted octanol–water partition coefficient (Wildman–Crippen LogP) is 7.60. The Bertz CT molecular complexity index is 713. The third kappa shape index (κ3) is 6.59. The summed E-state index contributed by atoms with van der Waals surface area (Å²) >= 11 is 0. The van der Waals surface area contributed by atoms with Gasteiger partial charge in [-0.15, -0.1) is 0 Å². The molecule has 32 heavy (non-hydrogen) atoms. The zero-order valence-electron chi connectivity index (χ0n) is 22.3. The van der Waals surface area contributed by atoms with Crippen LogP contribution < -0.4 is 0 Å². The largest absolute Gasteiger partial charge is 0.458 e. The molecule has 0 spiro atoms. The smallest absolute Gasteiger partial charge is 0.338 e. The van der Waals surface area contributed by atoms with Crippen molar-refractivity contribution >= 4 is 5.97 Å². The third-order valence-corrected chi connectivity index (χ3v) is 7.95. The van der Waals surface area contributed by atoms with E-state index in [1.807, 2.05) is 30.3 Å². The molecule has 0 saturated carbocycles. The first-order valence-corrected chi connectivity index (χ1v) is 12.9. The van der Waals surface area contributed by atoms with Crippen molar-refractivity contribution in [3.05, 3.63) is 35.9 Å². The number of carbonyl (C=O) groups is 1. The number of benzene rings is 1. The van der Waals surface area contributed by atoms with E-state index in [4.69, 9.17) is 4.74 Å². The first-order valence-electron chi connectivity index (χ1n) is 12.9. The number of ether oxygens (including phenoxy) is 1. The monoisotopic (exact) mass is 443 g/mol. The van der Waals surface area contributed by atoms with E-state index >= 15 is 0 Å². The molecule has 2 rings (SSSR count). The first-order chi connectivity index (χ1) is 14.9. The maximum absolute atomic E-state index is 13.1. The topological polar surface area (TPSA) is 29.5 Å². The molecule has 1 heterocycles. The Balaban J connectivity index is 2.44. The molecule has 3 heteroatoms. The van der Waals surface area contributed by atoms with Gasteiger partial charge in [0.2, 0.25) is 0 Å². The van der Waals surface area contributed by atoms with Gasteiger partial charge in [0.1, 0.15) is 6.10 Å². The lowest BCUT2D eigenvalue weighted by atomic mass is 9.64. The summed E-state index contributed by atoms with van der Waals surface area (Å²) in [7, 11) is 2.34. The Kier molecular flexibility index (Phi) is 9.40. The second-order valence-electron chi connectivity index (χ2n) is 12.0. The van der Waals surface area contributed by atoms with E-state index in [1.165, 1.54) is 12.8 Å². The number of piperidine rings is 1. The molecule has 0 aromatic heterocycles. The van der Waals surface area contributed by atoms with E-state index in [1.54, 1.807) is 0 Å². The maximum Gasteiger partial charge on any atom is 0.338 e. The summed E-state index contributed by atoms with van der Waals surface area (Å²) in [5, 5.41) is 0. The summed E-state index contributed by atoms with van der Waals surface area (Å²) in [5.74, 6) is 2.04. The summed E-state index contributed by atoms with van der Waals surface area (Å²) in [6, 6.07) is 9.50. The van der Waals surface area contributed by atoms with Gasteiger partial charge in [0.25, 0.3) is 0 Å². The van der Waals surface area contributed by atoms with Crippen molar-refractivity contribution in [1.82, 2.24) is 4.90 Å². The second kappa shape index (κ2) is 11.2. The van der Waals surface area contributed by atoms with Crippen molar-refractivity contribution in [3.63, 3.8) is 0 Å². The van der Waals surface area contributed by atoms with Crippen LogP contribution in [0.3, 0.4) is 0 Å². The Morgan fingerprint density at radius 3 is 2.06 bits per heavy atom. The summed E-state index contributed by atoms with van der Waals surface area (Å²) in [6.07, 6.45) is 6.57. The Morgan fingerprint density at radius 1 is 0.969 bits per heavy atom. The van der Waals surface area contributed by atoms with Gasteiger partial charge in [-0.3, -0.25) is 4.90 Å². The molecular formula is C29H49NO2. The molecule has 0 bridgehead atoms. The van der Waals surface area contributed by atoms with E-state index < -0.39 is 0 Å². The predicted molar refractivity (Wildman–Crippen MR) is 136 cm³/mol. The molecule has 0 radical (unpaired) electrons. The molecule has 182 valence electrons. The van der Waals surface area contributed by atoms with Crippen LogP contribution in [0.25, 0.3) is 0 Å². The molecule has 1 fully saturated rings. The van der Waals surface area contributed by atoms with Gasteiger partial charge in [-0.2, -0.15) is 0 Å². The van der Waals surface area contributed by atoms with Gasteiger partial charge in [0.15, 0.2) is 0 Å². The highest BCUT2D eigenvalue weighted by molar-refractivity contribution is 5.89. The fourth-order valence-corrected chi connectivity index (χ4v) is 5.60. The zero-order valence-corrected chi connectivity index (χ0v) is 22.3. The van der Waals surface area contributed by atoms with Crippen LogP contribution in [0.15, 0.2) is 30.3 Å². The van der Waals surface area contributed by atoms with Gasteiger partial charge in [-0.25, -0.2) is 4.79 Å². The number of rotatable bonds is 10. The van der Waals surface area contributed by atoms with Crippen LogP contribution in [-0.2, 0) is 4.74 Å². The minimum absolute atomic E-state index is 0.000153. The highest BCUT2D eigenvalue weighted by Crippen LogP contribution is 2.49. The van der Waals surface area contributed by atoms with Gasteiger partial charge in [-0.1, -0.05) is 59.7 Å². The Morgan fingerprint density at radius 2 is 1.53 bits per heavy atom. The number of likely N-dealkylation sites (tertiary alicyclic amines) is 1. The third-order valence-electron chi connectivity index (χ3n) is 7.95. The molecule has 1 saturated heterocycles. The molecule has 1 aromatic carbocycles. The van der Waals surface area contributed by atoms with Crippen molar-refractivity contribution in [2.45, 2.75) is 111 Å². The lowest BCUT2D eigenvalue weighted by Gasteiger charge is -2.60. The van der Waals surface area contributed by atoms with Gasteiger partial charge in [-0.05, 0) is 82.9 Å². The van der Waals surface area contributed by atoms with Crippen LogP contribution in [0.1, 0.15) is 104 Å². The highest BCUT2D eigenvalue weighted by atomic mass is 16.5. The molecule has 1 aromatic rings. The number of hydrogen-bond acceptors (Lipinski definition) is 3. The van der Waals surface area contributed by atoms with Crippen LogP contribution in [0, 0.1) is 23.7 Å². The SMILES string of the molecule is CC(C)CCC1(C)CC(OC(=O)c2ccccc2)C(CC(C)C)C(C)(CCC(C)C)N1C. The standard InChI is InChI=1S/C29H49NO2/c1-21(2)15-17-28(7)20-26(32-27(31)24-13-11-10-12-14-24)25(19-23(5)6)29(8,30(28)9)18-16-22(3)4/h10-14,21-23,25-26H,15-20H2,1-9H3. The van der Waals surface area contributed by atoms with E-state index in [0.29, 0.717) is 29.2 Å². The zero-order chi connectivity index (χ0) is 24.1. The van der Waals surface area contributed by atoms with Crippen molar-refractivity contribution < 1.29 is 9.53 Å². The fourth-order valence-electron chi connectivity index (χ4n) is 5.60. The van der Waals surface area contributed by atoms with Crippen LogP contribution in [-0.4, -0.2) is 35.1 Å². The van der Waals surface area contributed by atoms with Gasteiger partial charge >= 0.3 is 5.97 Å². The van der Waals surface area contributed by atoms with Crippen LogP contribution in [0.2, 0.25) is 0 Å². The van der Waals surface area contributed by atoms with Crippen LogP contribution in [0.4, 0.5) is 0 Å². The first kappa shape index (κ1) is 26.9. The number of esters is 1. The summed E-state index contributed by atoms with van der Waals surface area (Å²) < 4.78 is 6.38. The minimum atomic E-state index is -0.175. The van der Waals surface area contributed by atoms with Gasteiger partial charge < -0.3 is 4.74 Å². The summed E-state index contributed by atoms with van der Waals surface area (Å²) in [6.45, 7) is 18.7. The molecule has 0 aliphatic carbocycles. The maximum atomic E-state index is 13.1. The van der Waals surface area contributed by atoms with Gasteiger partial charge in [0, 0.05) is 23.4 Å². The van der Waals surface area contributed by atoms with Crippen LogP contribution >= 0.6 is 0 Å². The van der Waals surface area contributed by atoms with Crippen molar-refractivity contribution in [3.8, 4) is 0 Å². The summed E-state index contributed by atoms with van der Waals surface area (Å²) in [5.41, 5.74) is 0.674. The average Bonchev–Trinajstić information content (AvgIpc) is 2.73. The van der Waals surface area contributed by atoms with Gasteiger partial charge in [0.05, 0.1) is 5.56 Å². The molecule has 1 aliphatic heterocycles. The number of hydrogen-bond donors (Lipinski definition) is 0. The van der Waals surface area contributed by atoms with Crippen molar-refractivity contribution in [1.29, 1.82) is 0 Å². The van der Waals surface area contributed by atoms with Crippen molar-refractivity contribution in [2.24, 2.45) is 23.7 Å². The highest BCUT2D eigenvalue weighted by Gasteiger charge is 2.54. The normalized spacial score (nSPS) is 29.1. The molecular weight excluding hydrogens is 394 g/mol. The molecule has 3 nitrogen and oxygen atoms in total. The number of nitrogens with zero attached hydrogens (tertiary/aromatic N) is 1. The number of carbonyl (C=O) groups excluding carboxylic acids is 1. The minimum Gasteiger partial charge on any atom is -0.458 e. The second-order valence-corrected chi connectivity index (χ2v) is 12.0. The molecule has 1 aliphatic rings. The molecule has 4 atom stereocenters. The molecule has 4 unspecified atom stereocenters. The quantitative estimate of drug-likeness (QED) is 0.349. The van der Waals surface area contributed by atoms with Crippen molar-refractivity contribution in [2.75, 3.05) is 7.05 Å². The van der Waals surface area contributed by atoms with E-state index in [2.05, 4.69) is 67.3 Å². The fraction of sp³-hybridized carbons (Fsp3) is 0.759. The van der Waals surface area contributed by atoms with Crippen LogP contribution in [0.5, 0.6) is 0 Å². The Hall–Kier alpha value is -1.35. The van der Waals surface area contributed by atoms with E-state index in [9.17, 15) is 4.79 Å². The van der Waals surface area contributed by atoms with E-state index in [0.717, 1.165) is 25.7 Å². The molecule has 0 amide bonds. The lowest BCUT2D eigenvalue weighted by molar-refractivity contribution is -0.142. The van der Waals surface area contributed by atoms with E-state index in [-0.39, 0.29) is 23.2 Å².